The predicted octanol–water partition coefficient (Wildman–Crippen LogP) is 4.46. The SMILES string of the molecule is CCC(F)(F)OC(OC(F)(F)CC(F)(F)F)C(F)(F)F. The number of rotatable bonds is 6. The third-order valence-electron chi connectivity index (χ3n) is 1.64. The lowest BCUT2D eigenvalue weighted by Gasteiger charge is -2.28. The van der Waals surface area contributed by atoms with Crippen molar-refractivity contribution >= 4 is 0 Å². The molecule has 0 fully saturated rings. The van der Waals surface area contributed by atoms with Gasteiger partial charge in [0.05, 0.1) is 0 Å². The largest absolute Gasteiger partial charge is 0.440 e. The fourth-order valence-electron chi connectivity index (χ4n) is 0.829. The first-order valence-electron chi connectivity index (χ1n) is 4.83. The molecule has 0 aromatic rings. The molecule has 1 unspecified atom stereocenters. The van der Waals surface area contributed by atoms with Gasteiger partial charge in [0.1, 0.15) is 6.42 Å². The van der Waals surface area contributed by atoms with Gasteiger partial charge >= 0.3 is 24.6 Å². The summed E-state index contributed by atoms with van der Waals surface area (Å²) in [5, 5.41) is 0. The average molecular weight is 326 g/mol. The van der Waals surface area contributed by atoms with Crippen molar-refractivity contribution in [3.05, 3.63) is 0 Å². The summed E-state index contributed by atoms with van der Waals surface area (Å²) in [7, 11) is 0. The van der Waals surface area contributed by atoms with E-state index in [1.54, 1.807) is 0 Å². The molecule has 0 spiro atoms. The molecule has 0 saturated carbocycles. The maximum absolute atomic E-state index is 12.6. The Kier molecular flexibility index (Phi) is 5.69. The van der Waals surface area contributed by atoms with E-state index in [1.165, 1.54) is 0 Å². The van der Waals surface area contributed by atoms with E-state index < -0.39 is 43.7 Å². The van der Waals surface area contributed by atoms with E-state index in [-0.39, 0.29) is 0 Å². The lowest BCUT2D eigenvalue weighted by Crippen LogP contribution is -2.45. The third-order valence-corrected chi connectivity index (χ3v) is 1.64. The van der Waals surface area contributed by atoms with Gasteiger partial charge in [0, 0.05) is 6.42 Å². The monoisotopic (exact) mass is 326 g/mol. The number of alkyl halides is 10. The zero-order valence-corrected chi connectivity index (χ0v) is 9.59. The molecule has 0 radical (unpaired) electrons. The van der Waals surface area contributed by atoms with Gasteiger partial charge in [-0.2, -0.15) is 43.9 Å². The van der Waals surface area contributed by atoms with Crippen LogP contribution in [0.3, 0.4) is 0 Å². The summed E-state index contributed by atoms with van der Waals surface area (Å²) in [5.41, 5.74) is 0. The molecule has 0 saturated heterocycles. The van der Waals surface area contributed by atoms with Crippen LogP contribution in [0.2, 0.25) is 0 Å². The highest BCUT2D eigenvalue weighted by atomic mass is 19.4. The summed E-state index contributed by atoms with van der Waals surface area (Å²) < 4.78 is 128. The molecule has 0 aliphatic carbocycles. The minimum absolute atomic E-state index is 0.668. The second-order valence-electron chi connectivity index (χ2n) is 3.53. The quantitative estimate of drug-likeness (QED) is 0.530. The Balaban J connectivity index is 5.01. The second-order valence-corrected chi connectivity index (χ2v) is 3.53. The van der Waals surface area contributed by atoms with Gasteiger partial charge in [-0.05, 0) is 0 Å². The van der Waals surface area contributed by atoms with Gasteiger partial charge in [-0.15, -0.1) is 0 Å². The zero-order chi connectivity index (χ0) is 16.4. The fourth-order valence-corrected chi connectivity index (χ4v) is 0.829. The first-order valence-corrected chi connectivity index (χ1v) is 4.83. The van der Waals surface area contributed by atoms with Crippen LogP contribution in [-0.4, -0.2) is 30.9 Å². The maximum Gasteiger partial charge on any atom is 0.440 e. The van der Waals surface area contributed by atoms with Gasteiger partial charge < -0.3 is 0 Å². The molecule has 2 nitrogen and oxygen atoms in total. The highest BCUT2D eigenvalue weighted by Gasteiger charge is 2.55. The second kappa shape index (κ2) is 5.92. The first-order chi connectivity index (χ1) is 8.58. The Hall–Kier alpha value is -0.780. The standard InChI is InChI=1S/C8H8F10O2/c1-2-6(12,13)19-4(8(16,17)18)20-7(14,15)3-5(9,10)11/h4H,2-3H2,1H3. The minimum Gasteiger partial charge on any atom is -0.281 e. The van der Waals surface area contributed by atoms with Crippen molar-refractivity contribution in [3.8, 4) is 0 Å². The predicted molar refractivity (Wildman–Crippen MR) is 42.9 cm³/mol. The minimum atomic E-state index is -5.87. The van der Waals surface area contributed by atoms with Crippen LogP contribution in [-0.2, 0) is 9.47 Å². The van der Waals surface area contributed by atoms with Crippen LogP contribution < -0.4 is 0 Å². The van der Waals surface area contributed by atoms with Crippen molar-refractivity contribution in [3.63, 3.8) is 0 Å². The number of hydrogen-bond donors (Lipinski definition) is 0. The van der Waals surface area contributed by atoms with Gasteiger partial charge in [-0.1, -0.05) is 6.92 Å². The molecule has 0 aliphatic heterocycles. The molecule has 122 valence electrons. The van der Waals surface area contributed by atoms with Crippen LogP contribution >= 0.6 is 0 Å². The summed E-state index contributed by atoms with van der Waals surface area (Å²) in [4.78, 5) is 0. The molecule has 0 aliphatic rings. The van der Waals surface area contributed by atoms with Crippen molar-refractivity contribution in [1.29, 1.82) is 0 Å². The van der Waals surface area contributed by atoms with Crippen LogP contribution in [0.4, 0.5) is 43.9 Å². The fraction of sp³-hybridized carbons (Fsp3) is 1.00. The third kappa shape index (κ3) is 7.72. The van der Waals surface area contributed by atoms with Crippen molar-refractivity contribution in [2.24, 2.45) is 0 Å². The Labute approximate surface area is 105 Å². The van der Waals surface area contributed by atoms with E-state index in [4.69, 9.17) is 0 Å². The van der Waals surface area contributed by atoms with Crippen molar-refractivity contribution in [2.45, 2.75) is 50.6 Å². The Morgan fingerprint density at radius 1 is 0.750 bits per heavy atom. The van der Waals surface area contributed by atoms with Gasteiger partial charge in [0.15, 0.2) is 0 Å². The van der Waals surface area contributed by atoms with Gasteiger partial charge in [-0.25, -0.2) is 0 Å². The van der Waals surface area contributed by atoms with Crippen LogP contribution in [0.1, 0.15) is 19.8 Å². The smallest absolute Gasteiger partial charge is 0.281 e. The van der Waals surface area contributed by atoms with Crippen molar-refractivity contribution in [2.75, 3.05) is 0 Å². The highest BCUT2D eigenvalue weighted by molar-refractivity contribution is 4.67. The summed E-state index contributed by atoms with van der Waals surface area (Å²) in [6.07, 6.45) is -29.9. The van der Waals surface area contributed by atoms with Crippen LogP contribution in [0.25, 0.3) is 0 Å². The van der Waals surface area contributed by atoms with Crippen LogP contribution in [0.15, 0.2) is 0 Å². The number of ether oxygens (including phenoxy) is 2. The molecule has 1 atom stereocenters. The maximum atomic E-state index is 12.6. The molecule has 0 aromatic carbocycles. The van der Waals surface area contributed by atoms with Crippen molar-refractivity contribution in [1.82, 2.24) is 0 Å². The van der Waals surface area contributed by atoms with Crippen molar-refractivity contribution < 1.29 is 53.4 Å². The molecule has 0 rings (SSSR count). The van der Waals surface area contributed by atoms with Gasteiger partial charge in [-0.3, -0.25) is 9.47 Å². The van der Waals surface area contributed by atoms with Gasteiger partial charge in [0.25, 0.3) is 6.29 Å². The molecule has 0 N–H and O–H groups in total. The Bertz CT molecular complexity index is 307. The van der Waals surface area contributed by atoms with E-state index in [0.717, 1.165) is 0 Å². The highest BCUT2D eigenvalue weighted by Crippen LogP contribution is 2.38. The molecule has 0 heterocycles. The average Bonchev–Trinajstić information content (AvgIpc) is 2.10. The van der Waals surface area contributed by atoms with E-state index in [0.29, 0.717) is 6.92 Å². The lowest BCUT2D eigenvalue weighted by atomic mass is 10.4. The molecule has 0 bridgehead atoms. The molecule has 20 heavy (non-hydrogen) atoms. The number of halogens is 10. The topological polar surface area (TPSA) is 18.5 Å². The van der Waals surface area contributed by atoms with E-state index in [1.807, 2.05) is 0 Å². The normalized spacial score (nSPS) is 16.4. The molecule has 0 aromatic heterocycles. The van der Waals surface area contributed by atoms with Gasteiger partial charge in [0.2, 0.25) is 0 Å². The Morgan fingerprint density at radius 2 is 1.15 bits per heavy atom. The lowest BCUT2D eigenvalue weighted by molar-refractivity contribution is -0.442. The first kappa shape index (κ1) is 19.2. The summed E-state index contributed by atoms with van der Waals surface area (Å²) in [5.74, 6) is 0. The number of hydrogen-bond acceptors (Lipinski definition) is 2. The van der Waals surface area contributed by atoms with Crippen LogP contribution in [0.5, 0.6) is 0 Å². The van der Waals surface area contributed by atoms with E-state index in [2.05, 4.69) is 9.47 Å². The molecular formula is C8H8F10O2. The zero-order valence-electron chi connectivity index (χ0n) is 9.59. The molecular weight excluding hydrogens is 318 g/mol. The molecule has 0 amide bonds. The summed E-state index contributed by atoms with van der Waals surface area (Å²) >= 11 is 0. The Morgan fingerprint density at radius 3 is 1.45 bits per heavy atom. The summed E-state index contributed by atoms with van der Waals surface area (Å²) in [6.45, 7) is 0.668. The van der Waals surface area contributed by atoms with Crippen LogP contribution in [0, 0.1) is 0 Å². The summed E-state index contributed by atoms with van der Waals surface area (Å²) in [6, 6.07) is 0. The van der Waals surface area contributed by atoms with E-state index >= 15 is 0 Å². The van der Waals surface area contributed by atoms with E-state index in [9.17, 15) is 43.9 Å². The molecule has 12 heteroatoms.